The molecule has 0 atom stereocenters. The third-order valence-electron chi connectivity index (χ3n) is 4.43. The van der Waals surface area contributed by atoms with Gasteiger partial charge in [0.1, 0.15) is 0 Å². The maximum absolute atomic E-state index is 2.40. The van der Waals surface area contributed by atoms with Crippen molar-refractivity contribution in [2.45, 2.75) is 25.7 Å². The molecule has 3 aromatic rings. The van der Waals surface area contributed by atoms with Gasteiger partial charge in [0, 0.05) is 0 Å². The highest BCUT2D eigenvalue weighted by Crippen LogP contribution is 2.29. The molecule has 0 fully saturated rings. The van der Waals surface area contributed by atoms with Crippen molar-refractivity contribution in [2.24, 2.45) is 0 Å². The summed E-state index contributed by atoms with van der Waals surface area (Å²) in [6.07, 6.45) is 5.20. The molecule has 0 spiro atoms. The summed E-state index contributed by atoms with van der Waals surface area (Å²) in [5.74, 6) is 0. The second-order valence-corrected chi connectivity index (χ2v) is 5.75. The highest BCUT2D eigenvalue weighted by atomic mass is 14.1. The van der Waals surface area contributed by atoms with E-state index in [9.17, 15) is 0 Å². The molecule has 0 saturated carbocycles. The molecule has 20 heavy (non-hydrogen) atoms. The highest BCUT2D eigenvalue weighted by Gasteiger charge is 2.10. The smallest absolute Gasteiger partial charge is 0.0178 e. The van der Waals surface area contributed by atoms with Gasteiger partial charge >= 0.3 is 0 Å². The number of hydrogen-bond donors (Lipinski definition) is 0. The van der Waals surface area contributed by atoms with Crippen LogP contribution in [-0.2, 0) is 12.8 Å². The van der Waals surface area contributed by atoms with Crippen molar-refractivity contribution in [3.05, 3.63) is 71.8 Å². The van der Waals surface area contributed by atoms with Gasteiger partial charge in [-0.2, -0.15) is 0 Å². The first-order valence-electron chi connectivity index (χ1n) is 7.51. The number of fused-ring (bicyclic) bond motifs is 2. The molecule has 0 aliphatic heterocycles. The van der Waals surface area contributed by atoms with Crippen LogP contribution in [0.1, 0.15) is 24.0 Å². The van der Waals surface area contributed by atoms with Crippen molar-refractivity contribution >= 4 is 10.8 Å². The Morgan fingerprint density at radius 2 is 1.25 bits per heavy atom. The Labute approximate surface area is 120 Å². The lowest BCUT2D eigenvalue weighted by Gasteiger charge is -2.16. The molecule has 0 amide bonds. The van der Waals surface area contributed by atoms with E-state index in [1.54, 1.807) is 11.1 Å². The Morgan fingerprint density at radius 1 is 0.550 bits per heavy atom. The van der Waals surface area contributed by atoms with Gasteiger partial charge < -0.3 is 0 Å². The quantitative estimate of drug-likeness (QED) is 0.549. The summed E-state index contributed by atoms with van der Waals surface area (Å²) in [7, 11) is 0. The van der Waals surface area contributed by atoms with Crippen LogP contribution in [0, 0.1) is 0 Å². The fraction of sp³-hybridized carbons (Fsp3) is 0.200. The third-order valence-corrected chi connectivity index (χ3v) is 4.43. The van der Waals surface area contributed by atoms with Gasteiger partial charge in [-0.25, -0.2) is 0 Å². The van der Waals surface area contributed by atoms with E-state index in [0.29, 0.717) is 0 Å². The van der Waals surface area contributed by atoms with E-state index >= 15 is 0 Å². The lowest BCUT2D eigenvalue weighted by atomic mass is 9.89. The Kier molecular flexibility index (Phi) is 2.81. The maximum Gasteiger partial charge on any atom is -0.0178 e. The topological polar surface area (TPSA) is 0 Å². The SMILES string of the molecule is c1ccc2cc(-c3ccc4c(c3)CCCC4)ccc2c1. The van der Waals surface area contributed by atoms with Crippen LogP contribution in [0.3, 0.4) is 0 Å². The zero-order valence-corrected chi connectivity index (χ0v) is 11.6. The van der Waals surface area contributed by atoms with Crippen molar-refractivity contribution in [3.63, 3.8) is 0 Å². The summed E-state index contributed by atoms with van der Waals surface area (Å²) in [5.41, 5.74) is 5.80. The van der Waals surface area contributed by atoms with E-state index in [4.69, 9.17) is 0 Å². The van der Waals surface area contributed by atoms with Gasteiger partial charge in [-0.15, -0.1) is 0 Å². The molecule has 3 aromatic carbocycles. The number of aryl methyl sites for hydroxylation is 2. The first-order valence-corrected chi connectivity index (χ1v) is 7.51. The third kappa shape index (κ3) is 2.02. The summed E-state index contributed by atoms with van der Waals surface area (Å²) in [5, 5.41) is 2.64. The molecule has 98 valence electrons. The predicted molar refractivity (Wildman–Crippen MR) is 86.0 cm³/mol. The molecule has 1 aliphatic carbocycles. The highest BCUT2D eigenvalue weighted by molar-refractivity contribution is 5.87. The minimum atomic E-state index is 1.25. The summed E-state index contributed by atoms with van der Waals surface area (Å²) < 4.78 is 0. The van der Waals surface area contributed by atoms with Crippen LogP contribution in [0.25, 0.3) is 21.9 Å². The van der Waals surface area contributed by atoms with Gasteiger partial charge in [-0.05, 0) is 64.8 Å². The summed E-state index contributed by atoms with van der Waals surface area (Å²) >= 11 is 0. The molecular weight excluding hydrogens is 240 g/mol. The van der Waals surface area contributed by atoms with Crippen molar-refractivity contribution in [2.75, 3.05) is 0 Å². The van der Waals surface area contributed by atoms with Crippen LogP contribution >= 0.6 is 0 Å². The molecule has 0 saturated heterocycles. The normalized spacial score (nSPS) is 14.2. The second kappa shape index (κ2) is 4.79. The summed E-state index contributed by atoms with van der Waals surface area (Å²) in [6, 6.07) is 22.4. The molecule has 0 unspecified atom stereocenters. The summed E-state index contributed by atoms with van der Waals surface area (Å²) in [6.45, 7) is 0. The Balaban J connectivity index is 1.82. The predicted octanol–water partition coefficient (Wildman–Crippen LogP) is 5.39. The monoisotopic (exact) mass is 258 g/mol. The largest absolute Gasteiger partial charge is 0.0616 e. The molecule has 0 nitrogen and oxygen atoms in total. The maximum atomic E-state index is 2.40. The molecule has 0 N–H and O–H groups in total. The lowest BCUT2D eigenvalue weighted by Crippen LogP contribution is -2.02. The van der Waals surface area contributed by atoms with Crippen molar-refractivity contribution in [1.29, 1.82) is 0 Å². The molecule has 1 aliphatic rings. The molecule has 0 radical (unpaired) electrons. The van der Waals surface area contributed by atoms with Gasteiger partial charge in [-0.3, -0.25) is 0 Å². The van der Waals surface area contributed by atoms with E-state index in [1.807, 2.05) is 0 Å². The van der Waals surface area contributed by atoms with Gasteiger partial charge in [0.05, 0.1) is 0 Å². The number of rotatable bonds is 1. The van der Waals surface area contributed by atoms with Crippen LogP contribution in [-0.4, -0.2) is 0 Å². The lowest BCUT2D eigenvalue weighted by molar-refractivity contribution is 0.686. The van der Waals surface area contributed by atoms with Crippen LogP contribution in [0.5, 0.6) is 0 Å². The van der Waals surface area contributed by atoms with Gasteiger partial charge in [0.25, 0.3) is 0 Å². The van der Waals surface area contributed by atoms with Gasteiger partial charge in [0.2, 0.25) is 0 Å². The fourth-order valence-corrected chi connectivity index (χ4v) is 3.28. The Morgan fingerprint density at radius 3 is 2.15 bits per heavy atom. The first kappa shape index (κ1) is 11.7. The number of hydrogen-bond acceptors (Lipinski definition) is 0. The van der Waals surface area contributed by atoms with Crippen LogP contribution in [0.2, 0.25) is 0 Å². The molecule has 0 heteroatoms. The molecule has 4 rings (SSSR count). The van der Waals surface area contributed by atoms with Crippen LogP contribution in [0.15, 0.2) is 60.7 Å². The van der Waals surface area contributed by atoms with E-state index < -0.39 is 0 Å². The zero-order chi connectivity index (χ0) is 13.4. The average Bonchev–Trinajstić information content (AvgIpc) is 2.54. The fourth-order valence-electron chi connectivity index (χ4n) is 3.28. The van der Waals surface area contributed by atoms with Crippen molar-refractivity contribution < 1.29 is 0 Å². The molecule has 0 aromatic heterocycles. The standard InChI is InChI=1S/C20H18/c1-3-7-17-13-19(11-9-15(17)5-1)20-12-10-16-6-2-4-8-18(16)14-20/h1,3,5,7,9-14H,2,4,6,8H2. The van der Waals surface area contributed by atoms with E-state index in [0.717, 1.165) is 0 Å². The van der Waals surface area contributed by atoms with Gasteiger partial charge in [-0.1, -0.05) is 54.6 Å². The zero-order valence-electron chi connectivity index (χ0n) is 11.6. The second-order valence-electron chi connectivity index (χ2n) is 5.75. The Hall–Kier alpha value is -2.08. The van der Waals surface area contributed by atoms with E-state index in [2.05, 4.69) is 60.7 Å². The first-order chi connectivity index (χ1) is 9.90. The average molecular weight is 258 g/mol. The minimum Gasteiger partial charge on any atom is -0.0616 e. The van der Waals surface area contributed by atoms with Crippen LogP contribution < -0.4 is 0 Å². The van der Waals surface area contributed by atoms with Crippen molar-refractivity contribution in [3.8, 4) is 11.1 Å². The molecular formula is C20H18. The van der Waals surface area contributed by atoms with Crippen LogP contribution in [0.4, 0.5) is 0 Å². The number of benzene rings is 3. The van der Waals surface area contributed by atoms with Crippen molar-refractivity contribution in [1.82, 2.24) is 0 Å². The van der Waals surface area contributed by atoms with Gasteiger partial charge in [0.15, 0.2) is 0 Å². The van der Waals surface area contributed by atoms with E-state index in [1.165, 1.54) is 47.6 Å². The Bertz CT molecular complexity index is 768. The molecule has 0 bridgehead atoms. The minimum absolute atomic E-state index is 1.25. The summed E-state index contributed by atoms with van der Waals surface area (Å²) in [4.78, 5) is 0. The van der Waals surface area contributed by atoms with E-state index in [-0.39, 0.29) is 0 Å². The molecule has 0 heterocycles.